The van der Waals surface area contributed by atoms with Crippen LogP contribution in [-0.4, -0.2) is 42.3 Å². The van der Waals surface area contributed by atoms with Crippen molar-refractivity contribution in [3.8, 4) is 0 Å². The topological polar surface area (TPSA) is 85.2 Å². The first-order valence-corrected chi connectivity index (χ1v) is 14.5. The molecule has 0 saturated heterocycles. The summed E-state index contributed by atoms with van der Waals surface area (Å²) in [4.78, 5) is 17.8. The summed E-state index contributed by atoms with van der Waals surface area (Å²) in [5.74, 6) is 0. The van der Waals surface area contributed by atoms with Crippen molar-refractivity contribution in [1.82, 2.24) is 0 Å². The zero-order valence-corrected chi connectivity index (χ0v) is 21.6. The van der Waals surface area contributed by atoms with Crippen LogP contribution in [0.25, 0.3) is 0 Å². The Labute approximate surface area is 197 Å². The molecule has 0 unspecified atom stereocenters. The molecule has 0 aliphatic heterocycles. The van der Waals surface area contributed by atoms with Gasteiger partial charge in [0.1, 0.15) is 6.10 Å². The van der Waals surface area contributed by atoms with Gasteiger partial charge in [-0.25, -0.2) is 4.57 Å². The fourth-order valence-electron chi connectivity index (χ4n) is 3.58. The average Bonchev–Trinajstić information content (AvgIpc) is 2.75. The molecule has 0 aliphatic carbocycles. The highest BCUT2D eigenvalue weighted by Crippen LogP contribution is 2.35. The fourth-order valence-corrected chi connectivity index (χ4v) is 3.94. The fraction of sp³-hybridized carbons (Fsp3) is 0.920. The molecule has 192 valence electrons. The average molecular weight is 479 g/mol. The van der Waals surface area contributed by atoms with E-state index in [4.69, 9.17) is 19.3 Å². The van der Waals surface area contributed by atoms with Crippen molar-refractivity contribution in [2.75, 3.05) is 26.4 Å². The van der Waals surface area contributed by atoms with Gasteiger partial charge in [-0.15, -0.1) is 6.58 Å². The quantitative estimate of drug-likeness (QED) is 0.0769. The van der Waals surface area contributed by atoms with Crippen molar-refractivity contribution in [2.45, 2.75) is 122 Å². The van der Waals surface area contributed by atoms with E-state index in [1.165, 1.54) is 77.0 Å². The Morgan fingerprint density at radius 1 is 0.750 bits per heavy atom. The van der Waals surface area contributed by atoms with Crippen molar-refractivity contribution in [3.05, 3.63) is 12.7 Å². The molecule has 0 radical (unpaired) electrons. The number of unbranched alkanes of at least 4 members (excludes halogenated alkanes) is 15. The van der Waals surface area contributed by atoms with Gasteiger partial charge in [0.25, 0.3) is 0 Å². The molecule has 0 aliphatic rings. The largest absolute Gasteiger partial charge is 0.469 e. The normalized spacial score (nSPS) is 12.8. The molecule has 0 bridgehead atoms. The first-order valence-electron chi connectivity index (χ1n) is 13.0. The maximum atomic E-state index is 10.9. The number of rotatable bonds is 26. The van der Waals surface area contributed by atoms with E-state index in [0.717, 1.165) is 32.1 Å². The van der Waals surface area contributed by atoms with Gasteiger partial charge in [-0.05, 0) is 25.7 Å². The molecule has 0 spiro atoms. The molecule has 6 nitrogen and oxygen atoms in total. The Balaban J connectivity index is 3.58. The predicted octanol–water partition coefficient (Wildman–Crippen LogP) is 7.34. The molecule has 0 aromatic rings. The lowest BCUT2D eigenvalue weighted by Gasteiger charge is -2.18. The predicted molar refractivity (Wildman–Crippen MR) is 133 cm³/mol. The van der Waals surface area contributed by atoms with E-state index in [2.05, 4.69) is 18.0 Å². The SMILES string of the molecule is C=CCCCCO[C@H](COCCCCCCCCCCCCCCCC)COP(=O)(O)O. The van der Waals surface area contributed by atoms with E-state index in [-0.39, 0.29) is 6.61 Å². The highest BCUT2D eigenvalue weighted by molar-refractivity contribution is 7.46. The number of hydrogen-bond donors (Lipinski definition) is 2. The standard InChI is InChI=1S/C25H51O6P/c1-3-5-7-9-10-11-12-13-14-15-16-17-18-19-21-29-23-25(24-31-32(26,27)28)30-22-20-8-6-4-2/h4,25H,2-3,5-24H2,1H3,(H2,26,27,28)/t25-/m1/s1. The molecule has 0 aromatic carbocycles. The van der Waals surface area contributed by atoms with Crippen LogP contribution in [0.2, 0.25) is 0 Å². The van der Waals surface area contributed by atoms with E-state index < -0.39 is 13.9 Å². The highest BCUT2D eigenvalue weighted by atomic mass is 31.2. The number of hydrogen-bond acceptors (Lipinski definition) is 4. The van der Waals surface area contributed by atoms with E-state index in [1.807, 2.05) is 6.08 Å². The maximum Gasteiger partial charge on any atom is 0.469 e. The van der Waals surface area contributed by atoms with Crippen LogP contribution in [0.4, 0.5) is 0 Å². The Kier molecular flexibility index (Phi) is 23.7. The monoisotopic (exact) mass is 478 g/mol. The van der Waals surface area contributed by atoms with Crippen LogP contribution in [0.3, 0.4) is 0 Å². The molecular weight excluding hydrogens is 427 g/mol. The number of phosphoric ester groups is 1. The van der Waals surface area contributed by atoms with E-state index >= 15 is 0 Å². The van der Waals surface area contributed by atoms with Gasteiger partial charge in [-0.3, -0.25) is 4.52 Å². The van der Waals surface area contributed by atoms with Gasteiger partial charge in [-0.1, -0.05) is 96.5 Å². The van der Waals surface area contributed by atoms with Gasteiger partial charge in [-0.2, -0.15) is 0 Å². The van der Waals surface area contributed by atoms with Crippen LogP contribution in [-0.2, 0) is 18.6 Å². The third kappa shape index (κ3) is 26.0. The summed E-state index contributed by atoms with van der Waals surface area (Å²) in [5, 5.41) is 0. The number of phosphoric acid groups is 1. The van der Waals surface area contributed by atoms with Gasteiger partial charge in [0.05, 0.1) is 13.2 Å². The first-order chi connectivity index (χ1) is 15.5. The Hall–Kier alpha value is -0.230. The van der Waals surface area contributed by atoms with E-state index in [1.54, 1.807) is 0 Å². The van der Waals surface area contributed by atoms with Gasteiger partial charge in [0.2, 0.25) is 0 Å². The molecule has 0 heterocycles. The first kappa shape index (κ1) is 31.8. The van der Waals surface area contributed by atoms with Crippen molar-refractivity contribution >= 4 is 7.82 Å². The summed E-state index contributed by atoms with van der Waals surface area (Å²) in [7, 11) is -4.49. The second-order valence-corrected chi connectivity index (χ2v) is 9.97. The molecule has 0 fully saturated rings. The molecule has 0 amide bonds. The third-order valence-electron chi connectivity index (χ3n) is 5.53. The highest BCUT2D eigenvalue weighted by Gasteiger charge is 2.19. The van der Waals surface area contributed by atoms with Crippen molar-refractivity contribution in [3.63, 3.8) is 0 Å². The summed E-state index contributed by atoms with van der Waals surface area (Å²) >= 11 is 0. The van der Waals surface area contributed by atoms with Gasteiger partial charge < -0.3 is 19.3 Å². The van der Waals surface area contributed by atoms with Crippen LogP contribution in [0.1, 0.15) is 116 Å². The summed E-state index contributed by atoms with van der Waals surface area (Å²) in [5.41, 5.74) is 0. The van der Waals surface area contributed by atoms with Crippen molar-refractivity contribution in [1.29, 1.82) is 0 Å². The molecule has 0 saturated carbocycles. The van der Waals surface area contributed by atoms with Crippen LogP contribution in [0, 0.1) is 0 Å². The maximum absolute atomic E-state index is 10.9. The van der Waals surface area contributed by atoms with Crippen LogP contribution >= 0.6 is 7.82 Å². The molecule has 7 heteroatoms. The van der Waals surface area contributed by atoms with Gasteiger partial charge in [0, 0.05) is 13.2 Å². The lowest BCUT2D eigenvalue weighted by atomic mass is 10.0. The summed E-state index contributed by atoms with van der Waals surface area (Å²) < 4.78 is 26.9. The number of allylic oxidation sites excluding steroid dienone is 1. The lowest BCUT2D eigenvalue weighted by molar-refractivity contribution is -0.0428. The second kappa shape index (κ2) is 23.9. The second-order valence-electron chi connectivity index (χ2n) is 8.73. The molecule has 2 N–H and O–H groups in total. The summed E-state index contributed by atoms with van der Waals surface area (Å²) in [6.45, 7) is 7.25. The molecule has 32 heavy (non-hydrogen) atoms. The van der Waals surface area contributed by atoms with E-state index in [0.29, 0.717) is 19.8 Å². The van der Waals surface area contributed by atoms with Gasteiger partial charge in [0.15, 0.2) is 0 Å². The Morgan fingerprint density at radius 2 is 1.25 bits per heavy atom. The summed E-state index contributed by atoms with van der Waals surface area (Å²) in [6, 6.07) is 0. The smallest absolute Gasteiger partial charge is 0.379 e. The zero-order chi connectivity index (χ0) is 23.8. The summed E-state index contributed by atoms with van der Waals surface area (Å²) in [6.07, 6.45) is 22.7. The minimum absolute atomic E-state index is 0.162. The zero-order valence-electron chi connectivity index (χ0n) is 20.7. The van der Waals surface area contributed by atoms with Crippen molar-refractivity contribution in [2.24, 2.45) is 0 Å². The Morgan fingerprint density at radius 3 is 1.75 bits per heavy atom. The van der Waals surface area contributed by atoms with Crippen LogP contribution < -0.4 is 0 Å². The Bertz CT molecular complexity index is 440. The minimum Gasteiger partial charge on any atom is -0.379 e. The molecule has 1 atom stereocenters. The minimum atomic E-state index is -4.49. The van der Waals surface area contributed by atoms with Crippen LogP contribution in [0.15, 0.2) is 12.7 Å². The lowest BCUT2D eigenvalue weighted by Crippen LogP contribution is -2.26. The third-order valence-corrected chi connectivity index (χ3v) is 6.02. The number of ether oxygens (including phenoxy) is 2. The van der Waals surface area contributed by atoms with Gasteiger partial charge >= 0.3 is 7.82 Å². The molecule has 0 aromatic heterocycles. The van der Waals surface area contributed by atoms with Crippen molar-refractivity contribution < 1.29 is 28.3 Å². The molecular formula is C25H51O6P. The molecule has 0 rings (SSSR count). The van der Waals surface area contributed by atoms with Crippen LogP contribution in [0.5, 0.6) is 0 Å². The van der Waals surface area contributed by atoms with E-state index in [9.17, 15) is 4.57 Å².